The van der Waals surface area contributed by atoms with Crippen LogP contribution in [0.4, 0.5) is 11.4 Å². The average molecular weight is 264 g/mol. The van der Waals surface area contributed by atoms with Gasteiger partial charge in [-0.1, -0.05) is 11.5 Å². The predicted octanol–water partition coefficient (Wildman–Crippen LogP) is 0.672. The Morgan fingerprint density at radius 2 is 2.26 bits per heavy atom. The van der Waals surface area contributed by atoms with Crippen LogP contribution < -0.4 is 15.5 Å². The first kappa shape index (κ1) is 14.8. The second kappa shape index (κ2) is 6.08. The fourth-order valence-electron chi connectivity index (χ4n) is 1.64. The van der Waals surface area contributed by atoms with Gasteiger partial charge in [0.05, 0.1) is 18.5 Å². The van der Waals surface area contributed by atoms with Crippen LogP contribution in [-0.2, 0) is 4.79 Å². The van der Waals surface area contributed by atoms with E-state index in [-0.39, 0.29) is 29.0 Å². The summed E-state index contributed by atoms with van der Waals surface area (Å²) in [6, 6.07) is 2.34. The average Bonchev–Trinajstić information content (AvgIpc) is 2.29. The summed E-state index contributed by atoms with van der Waals surface area (Å²) >= 11 is 0. The van der Waals surface area contributed by atoms with Crippen LogP contribution in [0.3, 0.4) is 0 Å². The number of anilines is 1. The lowest BCUT2D eigenvalue weighted by molar-refractivity contribution is -0.384. The normalized spacial score (nSPS) is 11.7. The second-order valence-corrected chi connectivity index (χ2v) is 3.98. The Balaban J connectivity index is 3.17. The Kier molecular flexibility index (Phi) is 4.74. The van der Waals surface area contributed by atoms with E-state index in [1.807, 2.05) is 0 Å². The van der Waals surface area contributed by atoms with Crippen LogP contribution in [0.2, 0.25) is 0 Å². The van der Waals surface area contributed by atoms with Gasteiger partial charge in [0, 0.05) is 6.04 Å². The number of nitrogens with one attached hydrogen (secondary N) is 1. The van der Waals surface area contributed by atoms with E-state index < -0.39 is 16.9 Å². The highest BCUT2D eigenvalue weighted by atomic mass is 16.6. The maximum absolute atomic E-state index is 11.1. The molecule has 0 fully saturated rings. The van der Waals surface area contributed by atoms with Crippen molar-refractivity contribution >= 4 is 30.7 Å². The minimum absolute atomic E-state index is 0.0595. The number of nitro benzene ring substituents is 1. The van der Waals surface area contributed by atoms with E-state index in [9.17, 15) is 14.9 Å². The third-order valence-electron chi connectivity index (χ3n) is 2.45. The molecule has 1 rings (SSSR count). The van der Waals surface area contributed by atoms with Gasteiger partial charge in [-0.05, 0) is 13.0 Å². The van der Waals surface area contributed by atoms with Crippen LogP contribution in [0, 0.1) is 10.1 Å². The van der Waals surface area contributed by atoms with Gasteiger partial charge < -0.3 is 15.2 Å². The van der Waals surface area contributed by atoms with E-state index in [4.69, 9.17) is 17.7 Å². The van der Waals surface area contributed by atoms with Crippen LogP contribution in [0.5, 0.6) is 5.75 Å². The molecule has 2 radical (unpaired) electrons. The van der Waals surface area contributed by atoms with E-state index in [1.165, 1.54) is 19.2 Å². The van der Waals surface area contributed by atoms with Crippen molar-refractivity contribution in [1.29, 1.82) is 0 Å². The van der Waals surface area contributed by atoms with Gasteiger partial charge in [0.25, 0.3) is 0 Å². The number of ether oxygens (including phenoxy) is 1. The highest BCUT2D eigenvalue weighted by molar-refractivity contribution is 6.36. The first-order valence-corrected chi connectivity index (χ1v) is 5.46. The van der Waals surface area contributed by atoms with E-state index in [0.29, 0.717) is 0 Å². The van der Waals surface area contributed by atoms with Crippen LogP contribution in [0.15, 0.2) is 12.1 Å². The maximum Gasteiger partial charge on any atom is 0.333 e. The number of benzene rings is 1. The van der Waals surface area contributed by atoms with Crippen LogP contribution in [0.25, 0.3) is 0 Å². The minimum Gasteiger partial charge on any atom is -0.490 e. The lowest BCUT2D eigenvalue weighted by Crippen LogP contribution is -2.24. The first-order valence-electron chi connectivity index (χ1n) is 5.46. The zero-order chi connectivity index (χ0) is 14.6. The SMILES string of the molecule is [B]c1ccc(OC)c([N+](=O)[O-])c1N[C@H](C)CC(=O)O. The molecule has 1 atom stereocenters. The van der Waals surface area contributed by atoms with Gasteiger partial charge in [-0.15, -0.1) is 0 Å². The largest absolute Gasteiger partial charge is 0.490 e. The van der Waals surface area contributed by atoms with Gasteiger partial charge in [-0.25, -0.2) is 0 Å². The molecule has 0 aliphatic heterocycles. The second-order valence-electron chi connectivity index (χ2n) is 3.98. The molecule has 0 bridgehead atoms. The zero-order valence-electron chi connectivity index (χ0n) is 10.5. The fraction of sp³-hybridized carbons (Fsp3) is 0.364. The number of hydrogen-bond acceptors (Lipinski definition) is 5. The van der Waals surface area contributed by atoms with Gasteiger partial charge in [0.15, 0.2) is 5.75 Å². The predicted molar refractivity (Wildman–Crippen MR) is 70.4 cm³/mol. The highest BCUT2D eigenvalue weighted by Gasteiger charge is 2.23. The molecular weight excluding hydrogens is 251 g/mol. The van der Waals surface area contributed by atoms with E-state index in [1.54, 1.807) is 6.92 Å². The van der Waals surface area contributed by atoms with Crippen molar-refractivity contribution in [2.45, 2.75) is 19.4 Å². The first-order chi connectivity index (χ1) is 8.86. The summed E-state index contributed by atoms with van der Waals surface area (Å²) in [7, 11) is 7.00. The standard InChI is InChI=1S/C11H13BN2O5/c1-6(5-9(15)16)13-10-7(12)3-4-8(19-2)11(10)14(17)18/h3-4,6,13H,5H2,1-2H3,(H,15,16)/t6-/m1/s1. The Labute approximate surface area is 111 Å². The van der Waals surface area contributed by atoms with Gasteiger partial charge >= 0.3 is 11.7 Å². The van der Waals surface area contributed by atoms with Gasteiger partial charge in [-0.3, -0.25) is 14.9 Å². The molecule has 0 saturated heterocycles. The Hall–Kier alpha value is -2.25. The van der Waals surface area contributed by atoms with Crippen molar-refractivity contribution < 1.29 is 19.6 Å². The molecule has 7 nitrogen and oxygen atoms in total. The van der Waals surface area contributed by atoms with E-state index >= 15 is 0 Å². The molecule has 1 aromatic carbocycles. The number of methoxy groups -OCH3 is 1. The molecule has 0 aliphatic rings. The highest BCUT2D eigenvalue weighted by Crippen LogP contribution is 2.33. The maximum atomic E-state index is 11.1. The number of rotatable bonds is 6. The molecule has 19 heavy (non-hydrogen) atoms. The molecule has 1 aromatic rings. The topological polar surface area (TPSA) is 102 Å². The van der Waals surface area contributed by atoms with Crippen LogP contribution >= 0.6 is 0 Å². The summed E-state index contributed by atoms with van der Waals surface area (Å²) in [4.78, 5) is 21.0. The molecule has 0 spiro atoms. The van der Waals surface area contributed by atoms with Gasteiger partial charge in [0.1, 0.15) is 13.5 Å². The number of nitro groups is 1. The quantitative estimate of drug-likeness (QED) is 0.445. The molecule has 0 unspecified atom stereocenters. The van der Waals surface area contributed by atoms with Crippen molar-refractivity contribution in [1.82, 2.24) is 0 Å². The molecule has 0 aliphatic carbocycles. The molecule has 0 aromatic heterocycles. The summed E-state index contributed by atoms with van der Waals surface area (Å²) in [6.45, 7) is 1.59. The van der Waals surface area contributed by atoms with Crippen molar-refractivity contribution in [3.05, 3.63) is 22.2 Å². The van der Waals surface area contributed by atoms with Crippen molar-refractivity contribution in [3.63, 3.8) is 0 Å². The lowest BCUT2D eigenvalue weighted by Gasteiger charge is -2.16. The molecule has 0 amide bonds. The number of nitrogens with zero attached hydrogens (tertiary/aromatic N) is 1. The number of carbonyl (C=O) groups is 1. The van der Waals surface area contributed by atoms with Gasteiger partial charge in [0.2, 0.25) is 0 Å². The summed E-state index contributed by atoms with van der Waals surface area (Å²) in [5, 5.41) is 22.5. The number of hydrogen-bond donors (Lipinski definition) is 2. The Bertz CT molecular complexity index is 506. The van der Waals surface area contributed by atoms with Gasteiger partial charge in [-0.2, -0.15) is 0 Å². The van der Waals surface area contributed by atoms with Crippen molar-refractivity contribution in [3.8, 4) is 5.75 Å². The summed E-state index contributed by atoms with van der Waals surface area (Å²) < 4.78 is 4.91. The summed E-state index contributed by atoms with van der Waals surface area (Å²) in [5.41, 5.74) is -0.0809. The van der Waals surface area contributed by atoms with Crippen molar-refractivity contribution in [2.75, 3.05) is 12.4 Å². The van der Waals surface area contributed by atoms with Crippen LogP contribution in [0.1, 0.15) is 13.3 Å². The van der Waals surface area contributed by atoms with Crippen molar-refractivity contribution in [2.24, 2.45) is 0 Å². The molecule has 0 heterocycles. The smallest absolute Gasteiger partial charge is 0.333 e. The lowest BCUT2D eigenvalue weighted by atomic mass is 9.92. The van der Waals surface area contributed by atoms with E-state index in [2.05, 4.69) is 5.32 Å². The number of carboxylic acid groups (broad SMARTS) is 1. The Morgan fingerprint density at radius 1 is 1.63 bits per heavy atom. The third-order valence-corrected chi connectivity index (χ3v) is 2.45. The summed E-state index contributed by atoms with van der Waals surface area (Å²) in [6.07, 6.45) is -0.187. The summed E-state index contributed by atoms with van der Waals surface area (Å²) in [5.74, 6) is -0.951. The molecule has 100 valence electrons. The third kappa shape index (κ3) is 3.61. The monoisotopic (exact) mass is 264 g/mol. The van der Waals surface area contributed by atoms with Crippen LogP contribution in [-0.4, -0.2) is 37.0 Å². The molecule has 2 N–H and O–H groups in total. The molecule has 0 saturated carbocycles. The number of aliphatic carboxylic acids is 1. The molecular formula is C11H13BN2O5. The Morgan fingerprint density at radius 3 is 2.74 bits per heavy atom. The van der Waals surface area contributed by atoms with E-state index in [0.717, 1.165) is 0 Å². The molecule has 8 heteroatoms. The number of carboxylic acids is 1. The zero-order valence-corrected chi connectivity index (χ0v) is 10.5. The fourth-order valence-corrected chi connectivity index (χ4v) is 1.64. The minimum atomic E-state index is -1.01.